The molecule has 0 saturated heterocycles. The molecule has 0 bridgehead atoms. The van der Waals surface area contributed by atoms with Crippen LogP contribution in [0.4, 0.5) is 11.4 Å². The van der Waals surface area contributed by atoms with Crippen LogP contribution in [0.2, 0.25) is 0 Å². The number of anilines is 2. The summed E-state index contributed by atoms with van der Waals surface area (Å²) in [6, 6.07) is 9.28. The summed E-state index contributed by atoms with van der Waals surface area (Å²) in [5, 5.41) is 0. The van der Waals surface area contributed by atoms with Gasteiger partial charge in [0.1, 0.15) is 11.8 Å². The lowest BCUT2D eigenvalue weighted by atomic mass is 10.1. The fourth-order valence-electron chi connectivity index (χ4n) is 2.72. The highest BCUT2D eigenvalue weighted by atomic mass is 16.3. The summed E-state index contributed by atoms with van der Waals surface area (Å²) in [6.45, 7) is 3.64. The molecule has 1 aromatic heterocycles. The number of hydrogen-bond donors (Lipinski definition) is 1. The minimum absolute atomic E-state index is 0.0590. The number of nitrogens with two attached hydrogens (primary N) is 1. The average molecular weight is 285 g/mol. The van der Waals surface area contributed by atoms with Crippen molar-refractivity contribution in [3.05, 3.63) is 47.9 Å². The number of likely N-dealkylation sites (N-methyl/N-ethyl adjacent to an activating group) is 1. The maximum absolute atomic E-state index is 11.9. The highest BCUT2D eigenvalue weighted by Gasteiger charge is 2.32. The first-order valence-electron chi connectivity index (χ1n) is 7.06. The van der Waals surface area contributed by atoms with Crippen LogP contribution in [-0.2, 0) is 11.3 Å². The number of furan rings is 1. The van der Waals surface area contributed by atoms with Crippen LogP contribution in [0.5, 0.6) is 0 Å². The number of rotatable bonds is 4. The first-order valence-corrected chi connectivity index (χ1v) is 7.06. The first-order chi connectivity index (χ1) is 10.1. The standard InChI is InChI=1S/C16H19N3O2/c1-3-19(10-12-5-4-8-21-12)11-6-7-13-14(9-11)18(2)16(20)15(13)17/h4-9,15H,3,10,17H2,1-2H3. The summed E-state index contributed by atoms with van der Waals surface area (Å²) in [7, 11) is 1.76. The van der Waals surface area contributed by atoms with E-state index < -0.39 is 6.04 Å². The van der Waals surface area contributed by atoms with E-state index in [1.54, 1.807) is 18.2 Å². The topological polar surface area (TPSA) is 62.7 Å². The number of carbonyl (C=O) groups is 1. The van der Waals surface area contributed by atoms with Crippen LogP contribution in [-0.4, -0.2) is 19.5 Å². The summed E-state index contributed by atoms with van der Waals surface area (Å²) in [6.07, 6.45) is 1.68. The molecule has 2 N–H and O–H groups in total. The quantitative estimate of drug-likeness (QED) is 0.936. The van der Waals surface area contributed by atoms with Gasteiger partial charge in [0.05, 0.1) is 18.5 Å². The molecule has 3 rings (SSSR count). The molecular weight excluding hydrogens is 266 g/mol. The SMILES string of the molecule is CCN(Cc1ccco1)c1ccc2c(c1)N(C)C(=O)C2N. The Morgan fingerprint density at radius 2 is 2.19 bits per heavy atom. The van der Waals surface area contributed by atoms with Crippen molar-refractivity contribution in [1.29, 1.82) is 0 Å². The summed E-state index contributed by atoms with van der Waals surface area (Å²) in [4.78, 5) is 15.8. The smallest absolute Gasteiger partial charge is 0.248 e. The molecule has 0 aliphatic carbocycles. The zero-order chi connectivity index (χ0) is 15.0. The third-order valence-corrected chi connectivity index (χ3v) is 3.98. The molecule has 5 heteroatoms. The summed E-state index contributed by atoms with van der Waals surface area (Å²) < 4.78 is 5.41. The fourth-order valence-corrected chi connectivity index (χ4v) is 2.72. The molecule has 2 heterocycles. The molecule has 0 fully saturated rings. The van der Waals surface area contributed by atoms with Crippen molar-refractivity contribution in [2.75, 3.05) is 23.4 Å². The Hall–Kier alpha value is -2.27. The van der Waals surface area contributed by atoms with Crippen LogP contribution in [0.3, 0.4) is 0 Å². The second-order valence-electron chi connectivity index (χ2n) is 5.21. The van der Waals surface area contributed by atoms with Crippen molar-refractivity contribution in [2.45, 2.75) is 19.5 Å². The number of nitrogens with zero attached hydrogens (tertiary/aromatic N) is 2. The minimum atomic E-state index is -0.542. The predicted octanol–water partition coefficient (Wildman–Crippen LogP) is 2.28. The Morgan fingerprint density at radius 3 is 2.86 bits per heavy atom. The van der Waals surface area contributed by atoms with Gasteiger partial charge in [-0.05, 0) is 31.2 Å². The van der Waals surface area contributed by atoms with E-state index in [2.05, 4.69) is 11.8 Å². The minimum Gasteiger partial charge on any atom is -0.467 e. The van der Waals surface area contributed by atoms with Gasteiger partial charge in [-0.3, -0.25) is 4.79 Å². The van der Waals surface area contributed by atoms with Gasteiger partial charge in [-0.1, -0.05) is 6.07 Å². The summed E-state index contributed by atoms with van der Waals surface area (Å²) >= 11 is 0. The molecule has 1 amide bonds. The molecule has 21 heavy (non-hydrogen) atoms. The number of carbonyl (C=O) groups excluding carboxylic acids is 1. The zero-order valence-corrected chi connectivity index (χ0v) is 12.2. The first kappa shape index (κ1) is 13.7. The van der Waals surface area contributed by atoms with Crippen LogP contribution in [0.15, 0.2) is 41.0 Å². The molecule has 2 aromatic rings. The van der Waals surface area contributed by atoms with Crippen LogP contribution < -0.4 is 15.5 Å². The normalized spacial score (nSPS) is 17.2. The van der Waals surface area contributed by atoms with Gasteiger partial charge in [-0.25, -0.2) is 0 Å². The van der Waals surface area contributed by atoms with Crippen molar-refractivity contribution in [3.63, 3.8) is 0 Å². The van der Waals surface area contributed by atoms with Gasteiger partial charge in [0.15, 0.2) is 0 Å². The molecule has 5 nitrogen and oxygen atoms in total. The van der Waals surface area contributed by atoms with Crippen molar-refractivity contribution in [1.82, 2.24) is 0 Å². The molecule has 0 radical (unpaired) electrons. The molecule has 0 spiro atoms. The summed E-state index contributed by atoms with van der Waals surface area (Å²) in [5.74, 6) is 0.856. The van der Waals surface area contributed by atoms with Gasteiger partial charge in [-0.15, -0.1) is 0 Å². The fraction of sp³-hybridized carbons (Fsp3) is 0.312. The maximum atomic E-state index is 11.9. The van der Waals surface area contributed by atoms with Crippen molar-refractivity contribution >= 4 is 17.3 Å². The molecule has 0 saturated carbocycles. The van der Waals surface area contributed by atoms with Gasteiger partial charge < -0.3 is 20.0 Å². The highest BCUT2D eigenvalue weighted by Crippen LogP contribution is 2.36. The Morgan fingerprint density at radius 1 is 1.38 bits per heavy atom. The van der Waals surface area contributed by atoms with E-state index in [0.717, 1.165) is 29.2 Å². The second kappa shape index (κ2) is 5.26. The van der Waals surface area contributed by atoms with Crippen LogP contribution in [0, 0.1) is 0 Å². The molecule has 1 unspecified atom stereocenters. The molecule has 1 atom stereocenters. The number of fused-ring (bicyclic) bond motifs is 1. The average Bonchev–Trinajstić information content (AvgIpc) is 3.09. The number of amides is 1. The van der Waals surface area contributed by atoms with Crippen molar-refractivity contribution < 1.29 is 9.21 Å². The van der Waals surface area contributed by atoms with Crippen molar-refractivity contribution in [3.8, 4) is 0 Å². The second-order valence-corrected chi connectivity index (χ2v) is 5.21. The maximum Gasteiger partial charge on any atom is 0.248 e. The molecule has 1 aromatic carbocycles. The van der Waals surface area contributed by atoms with E-state index in [4.69, 9.17) is 10.2 Å². The number of benzene rings is 1. The van der Waals surface area contributed by atoms with E-state index >= 15 is 0 Å². The van der Waals surface area contributed by atoms with Crippen molar-refractivity contribution in [2.24, 2.45) is 5.73 Å². The predicted molar refractivity (Wildman–Crippen MR) is 82.2 cm³/mol. The van der Waals surface area contributed by atoms with E-state index in [-0.39, 0.29) is 5.91 Å². The molecular formula is C16H19N3O2. The summed E-state index contributed by atoms with van der Waals surface area (Å²) in [5.41, 5.74) is 8.77. The van der Waals surface area contributed by atoms with E-state index in [1.165, 1.54) is 0 Å². The third-order valence-electron chi connectivity index (χ3n) is 3.98. The van der Waals surface area contributed by atoms with Crippen LogP contribution in [0.25, 0.3) is 0 Å². The Labute approximate surface area is 123 Å². The molecule has 1 aliphatic heterocycles. The van der Waals surface area contributed by atoms with E-state index in [0.29, 0.717) is 6.54 Å². The van der Waals surface area contributed by atoms with Crippen LogP contribution >= 0.6 is 0 Å². The Bertz CT molecular complexity index is 652. The largest absolute Gasteiger partial charge is 0.467 e. The van der Waals surface area contributed by atoms with Gasteiger partial charge in [0.25, 0.3) is 0 Å². The lowest BCUT2D eigenvalue weighted by Gasteiger charge is -2.23. The third kappa shape index (κ3) is 2.29. The molecule has 110 valence electrons. The van der Waals surface area contributed by atoms with E-state index in [1.807, 2.05) is 30.3 Å². The zero-order valence-electron chi connectivity index (χ0n) is 12.2. The van der Waals surface area contributed by atoms with Gasteiger partial charge in [0, 0.05) is 24.8 Å². The lowest BCUT2D eigenvalue weighted by Crippen LogP contribution is -2.28. The Balaban J connectivity index is 1.91. The monoisotopic (exact) mass is 285 g/mol. The molecule has 1 aliphatic rings. The highest BCUT2D eigenvalue weighted by molar-refractivity contribution is 6.04. The Kier molecular flexibility index (Phi) is 3.43. The van der Waals surface area contributed by atoms with Gasteiger partial charge >= 0.3 is 0 Å². The number of hydrogen-bond acceptors (Lipinski definition) is 4. The van der Waals surface area contributed by atoms with Gasteiger partial charge in [0.2, 0.25) is 5.91 Å². The van der Waals surface area contributed by atoms with Gasteiger partial charge in [-0.2, -0.15) is 0 Å². The lowest BCUT2D eigenvalue weighted by molar-refractivity contribution is -0.118. The van der Waals surface area contributed by atoms with E-state index in [9.17, 15) is 4.79 Å². The van der Waals surface area contributed by atoms with Crippen LogP contribution in [0.1, 0.15) is 24.3 Å².